The van der Waals surface area contributed by atoms with Gasteiger partial charge in [-0.3, -0.25) is 0 Å². The molecule has 1 aromatic heterocycles. The van der Waals surface area contributed by atoms with Gasteiger partial charge in [0.2, 0.25) is 0 Å². The number of nitrogens with zero attached hydrogens (tertiary/aromatic N) is 1. The van der Waals surface area contributed by atoms with Crippen LogP contribution in [0.2, 0.25) is 0 Å². The molecule has 18 heavy (non-hydrogen) atoms. The average molecular weight is 262 g/mol. The first-order valence-electron chi connectivity index (χ1n) is 6.04. The lowest BCUT2D eigenvalue weighted by Crippen LogP contribution is -2.16. The number of benzene rings is 1. The molecule has 1 aromatic carbocycles. The Morgan fingerprint density at radius 3 is 3.00 bits per heavy atom. The van der Waals surface area contributed by atoms with Crippen LogP contribution < -0.4 is 5.32 Å². The van der Waals surface area contributed by atoms with Crippen LogP contribution in [0.15, 0.2) is 30.5 Å². The summed E-state index contributed by atoms with van der Waals surface area (Å²) in [5.41, 5.74) is 0. The van der Waals surface area contributed by atoms with Crippen molar-refractivity contribution in [2.75, 3.05) is 17.3 Å². The van der Waals surface area contributed by atoms with Crippen molar-refractivity contribution in [3.8, 4) is 5.75 Å². The van der Waals surface area contributed by atoms with E-state index in [1.807, 2.05) is 23.9 Å². The Morgan fingerprint density at radius 2 is 2.22 bits per heavy atom. The number of phenols is 1. The van der Waals surface area contributed by atoms with E-state index in [1.54, 1.807) is 18.3 Å². The molecule has 3 nitrogen and oxygen atoms in total. The number of nitrogens with one attached hydrogen (secondary N) is 1. The van der Waals surface area contributed by atoms with Crippen LogP contribution in [-0.2, 0) is 0 Å². The van der Waals surface area contributed by atoms with Gasteiger partial charge in [0.1, 0.15) is 11.6 Å². The zero-order valence-corrected chi connectivity index (χ0v) is 11.5. The van der Waals surface area contributed by atoms with Crippen molar-refractivity contribution in [1.82, 2.24) is 4.98 Å². The van der Waals surface area contributed by atoms with E-state index in [-0.39, 0.29) is 5.75 Å². The molecular weight excluding hydrogens is 244 g/mol. The molecule has 0 radical (unpaired) electrons. The Balaban J connectivity index is 2.24. The zero-order valence-electron chi connectivity index (χ0n) is 10.7. The predicted molar refractivity (Wildman–Crippen MR) is 79.5 cm³/mol. The summed E-state index contributed by atoms with van der Waals surface area (Å²) in [6.45, 7) is 2.15. The van der Waals surface area contributed by atoms with Crippen molar-refractivity contribution in [2.45, 2.75) is 19.4 Å². The third-order valence-corrected chi connectivity index (χ3v) is 3.53. The molecule has 1 heterocycles. The summed E-state index contributed by atoms with van der Waals surface area (Å²) in [6.07, 6.45) is 5.00. The highest BCUT2D eigenvalue weighted by Gasteiger charge is 2.07. The van der Waals surface area contributed by atoms with Crippen LogP contribution in [0.5, 0.6) is 5.75 Å². The van der Waals surface area contributed by atoms with Crippen molar-refractivity contribution < 1.29 is 5.11 Å². The Morgan fingerprint density at radius 1 is 1.39 bits per heavy atom. The van der Waals surface area contributed by atoms with Gasteiger partial charge in [0, 0.05) is 17.6 Å². The summed E-state index contributed by atoms with van der Waals surface area (Å²) < 4.78 is 0. The minimum atomic E-state index is 0.273. The summed E-state index contributed by atoms with van der Waals surface area (Å²) in [5, 5.41) is 15.0. The van der Waals surface area contributed by atoms with Gasteiger partial charge >= 0.3 is 0 Å². The molecule has 1 unspecified atom stereocenters. The van der Waals surface area contributed by atoms with Gasteiger partial charge in [0.05, 0.1) is 0 Å². The van der Waals surface area contributed by atoms with Crippen LogP contribution in [0.1, 0.15) is 13.3 Å². The first-order chi connectivity index (χ1) is 8.70. The van der Waals surface area contributed by atoms with Gasteiger partial charge in [0.15, 0.2) is 0 Å². The third kappa shape index (κ3) is 3.07. The molecule has 0 aliphatic carbocycles. The Labute approximate surface area is 112 Å². The third-order valence-electron chi connectivity index (χ3n) is 2.89. The minimum absolute atomic E-state index is 0.273. The normalized spacial score (nSPS) is 12.6. The topological polar surface area (TPSA) is 45.2 Å². The van der Waals surface area contributed by atoms with Crippen LogP contribution in [0.3, 0.4) is 0 Å². The highest BCUT2D eigenvalue weighted by molar-refractivity contribution is 7.98. The van der Waals surface area contributed by atoms with E-state index in [1.165, 1.54) is 0 Å². The number of thioether (sulfide) groups is 1. The Hall–Kier alpha value is -1.42. The summed E-state index contributed by atoms with van der Waals surface area (Å²) in [6, 6.07) is 7.68. The molecule has 0 amide bonds. The fourth-order valence-corrected chi connectivity index (χ4v) is 2.46. The van der Waals surface area contributed by atoms with Crippen LogP contribution >= 0.6 is 11.8 Å². The average Bonchev–Trinajstić information content (AvgIpc) is 2.37. The molecule has 96 valence electrons. The maximum absolute atomic E-state index is 9.57. The summed E-state index contributed by atoms with van der Waals surface area (Å²) in [7, 11) is 0. The molecule has 1 atom stereocenters. The largest absolute Gasteiger partial charge is 0.508 e. The van der Waals surface area contributed by atoms with Gasteiger partial charge < -0.3 is 10.4 Å². The van der Waals surface area contributed by atoms with Crippen LogP contribution in [-0.4, -0.2) is 28.1 Å². The van der Waals surface area contributed by atoms with Crippen molar-refractivity contribution >= 4 is 28.4 Å². The standard InChI is InChI=1S/C14H18N2OS/c1-10(6-8-18-2)16-14-13-9-12(17)4-3-11(13)5-7-15-14/h3-5,7,9-10,17H,6,8H2,1-2H3,(H,15,16). The number of anilines is 1. The van der Waals surface area contributed by atoms with Gasteiger partial charge in [-0.2, -0.15) is 11.8 Å². The molecular formula is C14H18N2OS. The summed E-state index contributed by atoms with van der Waals surface area (Å²) in [4.78, 5) is 4.37. The molecule has 0 spiro atoms. The van der Waals surface area contributed by atoms with E-state index in [0.29, 0.717) is 6.04 Å². The van der Waals surface area contributed by atoms with Crippen molar-refractivity contribution in [3.63, 3.8) is 0 Å². The monoisotopic (exact) mass is 262 g/mol. The first-order valence-corrected chi connectivity index (χ1v) is 7.43. The Bertz CT molecular complexity index is 530. The smallest absolute Gasteiger partial charge is 0.134 e. The fourth-order valence-electron chi connectivity index (χ4n) is 1.87. The molecule has 2 aromatic rings. The summed E-state index contributed by atoms with van der Waals surface area (Å²) >= 11 is 1.85. The first kappa shape index (κ1) is 13.0. The van der Waals surface area contributed by atoms with Crippen LogP contribution in [0.25, 0.3) is 10.8 Å². The van der Waals surface area contributed by atoms with E-state index >= 15 is 0 Å². The van der Waals surface area contributed by atoms with E-state index in [9.17, 15) is 5.11 Å². The number of phenolic OH excluding ortho intramolecular Hbond substituents is 1. The van der Waals surface area contributed by atoms with Crippen LogP contribution in [0, 0.1) is 0 Å². The lowest BCUT2D eigenvalue weighted by molar-refractivity contribution is 0.476. The molecule has 4 heteroatoms. The van der Waals surface area contributed by atoms with E-state index in [0.717, 1.165) is 28.8 Å². The van der Waals surface area contributed by atoms with Gasteiger partial charge in [0.25, 0.3) is 0 Å². The van der Waals surface area contributed by atoms with Gasteiger partial charge in [-0.25, -0.2) is 4.98 Å². The van der Waals surface area contributed by atoms with Gasteiger partial charge in [-0.1, -0.05) is 6.07 Å². The van der Waals surface area contributed by atoms with Crippen molar-refractivity contribution in [1.29, 1.82) is 0 Å². The van der Waals surface area contributed by atoms with Crippen LogP contribution in [0.4, 0.5) is 5.82 Å². The molecule has 0 saturated heterocycles. The second-order valence-electron chi connectivity index (χ2n) is 4.39. The number of fused-ring (bicyclic) bond motifs is 1. The Kier molecular flexibility index (Phi) is 4.31. The lowest BCUT2D eigenvalue weighted by atomic mass is 10.1. The van der Waals surface area contributed by atoms with E-state index in [4.69, 9.17) is 0 Å². The number of aromatic nitrogens is 1. The fraction of sp³-hybridized carbons (Fsp3) is 0.357. The number of rotatable bonds is 5. The molecule has 2 N–H and O–H groups in total. The van der Waals surface area contributed by atoms with Gasteiger partial charge in [-0.05, 0) is 48.9 Å². The van der Waals surface area contributed by atoms with Crippen molar-refractivity contribution in [3.05, 3.63) is 30.5 Å². The molecule has 0 aliphatic heterocycles. The molecule has 0 fully saturated rings. The lowest BCUT2D eigenvalue weighted by Gasteiger charge is -2.15. The van der Waals surface area contributed by atoms with Crippen molar-refractivity contribution in [2.24, 2.45) is 0 Å². The highest BCUT2D eigenvalue weighted by Crippen LogP contribution is 2.25. The van der Waals surface area contributed by atoms with Gasteiger partial charge in [-0.15, -0.1) is 0 Å². The van der Waals surface area contributed by atoms with E-state index in [2.05, 4.69) is 23.5 Å². The predicted octanol–water partition coefficient (Wildman–Crippen LogP) is 3.49. The molecule has 0 saturated carbocycles. The quantitative estimate of drug-likeness (QED) is 0.865. The number of hydrogen-bond acceptors (Lipinski definition) is 4. The zero-order chi connectivity index (χ0) is 13.0. The SMILES string of the molecule is CSCCC(C)Nc1nccc2ccc(O)cc12. The number of hydrogen-bond donors (Lipinski definition) is 2. The maximum atomic E-state index is 9.57. The van der Waals surface area contributed by atoms with E-state index < -0.39 is 0 Å². The number of aromatic hydroxyl groups is 1. The minimum Gasteiger partial charge on any atom is -0.508 e. The molecule has 0 aliphatic rings. The maximum Gasteiger partial charge on any atom is 0.134 e. The second-order valence-corrected chi connectivity index (χ2v) is 5.38. The highest BCUT2D eigenvalue weighted by atomic mass is 32.2. The number of pyridine rings is 1. The summed E-state index contributed by atoms with van der Waals surface area (Å²) in [5.74, 6) is 2.25. The molecule has 2 rings (SSSR count). The molecule has 0 bridgehead atoms. The second kappa shape index (κ2) is 5.96.